The molecule has 52 heavy (non-hydrogen) atoms. The maximum Gasteiger partial charge on any atom is 0.236 e. The van der Waals surface area contributed by atoms with E-state index in [9.17, 15) is 0 Å². The lowest BCUT2D eigenvalue weighted by Crippen LogP contribution is -2.03. The SMILES string of the molecule is c1ccc2cc(-c3nc(-n4c5ccc6c7ccccc7c7ccccc7c6c5c5ccc6ccccc6c54)nc4sc5ccccc5c34)ccc2c1. The summed E-state index contributed by atoms with van der Waals surface area (Å²) in [7, 11) is 0. The van der Waals surface area contributed by atoms with Gasteiger partial charge in [-0.3, -0.25) is 4.57 Å². The van der Waals surface area contributed by atoms with Crippen molar-refractivity contribution in [2.45, 2.75) is 0 Å². The number of aromatic nitrogens is 3. The second-order valence-electron chi connectivity index (χ2n) is 13.7. The van der Waals surface area contributed by atoms with Crippen molar-refractivity contribution in [3.63, 3.8) is 0 Å². The first-order valence-corrected chi connectivity index (χ1v) is 18.5. The molecular formula is C48H27N3S. The van der Waals surface area contributed by atoms with Crippen molar-refractivity contribution in [1.82, 2.24) is 14.5 Å². The first kappa shape index (κ1) is 28.1. The second-order valence-corrected chi connectivity index (χ2v) is 14.7. The molecule has 4 heteroatoms. The summed E-state index contributed by atoms with van der Waals surface area (Å²) in [6.45, 7) is 0. The first-order valence-electron chi connectivity index (χ1n) is 17.7. The van der Waals surface area contributed by atoms with Crippen LogP contribution in [0.2, 0.25) is 0 Å². The number of thiophene rings is 1. The van der Waals surface area contributed by atoms with Gasteiger partial charge in [-0.1, -0.05) is 146 Å². The molecule has 0 saturated heterocycles. The molecule has 3 heterocycles. The third kappa shape index (κ3) is 3.79. The van der Waals surface area contributed by atoms with E-state index in [4.69, 9.17) is 9.97 Å². The summed E-state index contributed by atoms with van der Waals surface area (Å²) >= 11 is 1.74. The van der Waals surface area contributed by atoms with Gasteiger partial charge in [-0.15, -0.1) is 11.3 Å². The molecule has 0 atom stereocenters. The molecule has 3 nitrogen and oxygen atoms in total. The lowest BCUT2D eigenvalue weighted by molar-refractivity contribution is 1.02. The van der Waals surface area contributed by atoms with Crippen molar-refractivity contribution in [2.24, 2.45) is 0 Å². The van der Waals surface area contributed by atoms with Crippen LogP contribution in [0.5, 0.6) is 0 Å². The highest BCUT2D eigenvalue weighted by Crippen LogP contribution is 2.46. The molecule has 0 N–H and O–H groups in total. The van der Waals surface area contributed by atoms with E-state index in [1.165, 1.54) is 74.7 Å². The highest BCUT2D eigenvalue weighted by atomic mass is 32.1. The minimum atomic E-state index is 0.683. The van der Waals surface area contributed by atoms with Crippen LogP contribution in [-0.2, 0) is 0 Å². The predicted octanol–water partition coefficient (Wildman–Crippen LogP) is 13.4. The van der Waals surface area contributed by atoms with Crippen molar-refractivity contribution in [1.29, 1.82) is 0 Å². The fraction of sp³-hybridized carbons (Fsp3) is 0. The Morgan fingerprint density at radius 1 is 0.404 bits per heavy atom. The first-order chi connectivity index (χ1) is 25.8. The van der Waals surface area contributed by atoms with E-state index in [-0.39, 0.29) is 0 Å². The maximum absolute atomic E-state index is 5.60. The van der Waals surface area contributed by atoms with E-state index in [0.717, 1.165) is 32.5 Å². The molecule has 0 amide bonds. The van der Waals surface area contributed by atoms with Gasteiger partial charge in [0, 0.05) is 42.6 Å². The molecule has 0 unspecified atom stereocenters. The number of hydrogen-bond acceptors (Lipinski definition) is 3. The van der Waals surface area contributed by atoms with E-state index in [2.05, 4.69) is 168 Å². The molecule has 12 aromatic rings. The summed E-state index contributed by atoms with van der Waals surface area (Å²) in [5, 5.41) is 17.1. The van der Waals surface area contributed by atoms with Crippen LogP contribution in [0.15, 0.2) is 164 Å². The molecular weight excluding hydrogens is 651 g/mol. The minimum absolute atomic E-state index is 0.683. The van der Waals surface area contributed by atoms with Gasteiger partial charge in [0.25, 0.3) is 0 Å². The van der Waals surface area contributed by atoms with Crippen molar-refractivity contribution >= 4 is 107 Å². The normalized spacial score (nSPS) is 12.2. The summed E-state index contributed by atoms with van der Waals surface area (Å²) < 4.78 is 3.55. The quantitative estimate of drug-likeness (QED) is 0.171. The Labute approximate surface area is 301 Å². The molecule has 0 spiro atoms. The Morgan fingerprint density at radius 3 is 1.81 bits per heavy atom. The Hall–Kier alpha value is -6.62. The smallest absolute Gasteiger partial charge is 0.236 e. The fourth-order valence-electron chi connectivity index (χ4n) is 8.73. The van der Waals surface area contributed by atoms with Crippen LogP contribution in [0.4, 0.5) is 0 Å². The van der Waals surface area contributed by atoms with E-state index >= 15 is 0 Å². The van der Waals surface area contributed by atoms with E-state index in [0.29, 0.717) is 5.95 Å². The molecule has 0 fully saturated rings. The average Bonchev–Trinajstić information content (AvgIpc) is 3.76. The second kappa shape index (κ2) is 10.5. The third-order valence-electron chi connectivity index (χ3n) is 11.0. The van der Waals surface area contributed by atoms with Crippen LogP contribution in [-0.4, -0.2) is 14.5 Å². The molecule has 0 radical (unpaired) electrons. The molecule has 3 aromatic heterocycles. The molecule has 0 aliphatic rings. The number of nitrogens with zero attached hydrogens (tertiary/aromatic N) is 3. The Bertz CT molecular complexity index is 3440. The largest absolute Gasteiger partial charge is 0.277 e. The van der Waals surface area contributed by atoms with Crippen molar-refractivity contribution in [3.8, 4) is 17.2 Å². The third-order valence-corrected chi connectivity index (χ3v) is 12.0. The lowest BCUT2D eigenvalue weighted by atomic mass is 9.91. The van der Waals surface area contributed by atoms with Gasteiger partial charge < -0.3 is 0 Å². The lowest BCUT2D eigenvalue weighted by Gasteiger charge is -2.13. The molecule has 0 aliphatic carbocycles. The summed E-state index contributed by atoms with van der Waals surface area (Å²) in [6.07, 6.45) is 0. The number of hydrogen-bond donors (Lipinski definition) is 0. The summed E-state index contributed by atoms with van der Waals surface area (Å²) in [5.41, 5.74) is 4.27. The molecule has 0 aliphatic heterocycles. The Kier molecular flexibility index (Phi) is 5.65. The van der Waals surface area contributed by atoms with Crippen molar-refractivity contribution in [2.75, 3.05) is 0 Å². The monoisotopic (exact) mass is 677 g/mol. The highest BCUT2D eigenvalue weighted by molar-refractivity contribution is 7.25. The number of benzene rings is 9. The Balaban J connectivity index is 1.29. The van der Waals surface area contributed by atoms with Gasteiger partial charge in [0.05, 0.1) is 16.7 Å². The predicted molar refractivity (Wildman–Crippen MR) is 222 cm³/mol. The minimum Gasteiger partial charge on any atom is -0.277 e. The van der Waals surface area contributed by atoms with E-state index in [1.807, 2.05) is 0 Å². The Morgan fingerprint density at radius 2 is 1.00 bits per heavy atom. The molecule has 240 valence electrons. The van der Waals surface area contributed by atoms with Gasteiger partial charge in [0.2, 0.25) is 5.95 Å². The van der Waals surface area contributed by atoms with Crippen molar-refractivity contribution < 1.29 is 0 Å². The van der Waals surface area contributed by atoms with Crippen LogP contribution in [0.3, 0.4) is 0 Å². The summed E-state index contributed by atoms with van der Waals surface area (Å²) in [5.74, 6) is 0.683. The van der Waals surface area contributed by atoms with Crippen LogP contribution in [0.1, 0.15) is 0 Å². The summed E-state index contributed by atoms with van der Waals surface area (Å²) in [6, 6.07) is 59.4. The fourth-order valence-corrected chi connectivity index (χ4v) is 9.80. The van der Waals surface area contributed by atoms with Crippen molar-refractivity contribution in [3.05, 3.63) is 164 Å². The van der Waals surface area contributed by atoms with E-state index < -0.39 is 0 Å². The molecule has 0 saturated carbocycles. The molecule has 12 rings (SSSR count). The van der Waals surface area contributed by atoms with Gasteiger partial charge in [-0.2, -0.15) is 0 Å². The zero-order valence-electron chi connectivity index (χ0n) is 27.8. The topological polar surface area (TPSA) is 30.7 Å². The maximum atomic E-state index is 5.60. The number of fused-ring (bicyclic) bond motifs is 16. The summed E-state index contributed by atoms with van der Waals surface area (Å²) in [4.78, 5) is 12.1. The molecule has 0 bridgehead atoms. The van der Waals surface area contributed by atoms with Gasteiger partial charge in [-0.25, -0.2) is 9.97 Å². The zero-order valence-corrected chi connectivity index (χ0v) is 28.7. The van der Waals surface area contributed by atoms with Crippen LogP contribution >= 0.6 is 11.3 Å². The van der Waals surface area contributed by atoms with Gasteiger partial charge >= 0.3 is 0 Å². The standard InChI is InChI=1S/C48H27N3S/c1-2-13-30-27-31(22-21-28(30)11-1)45-44-38-19-9-10-20-41(38)52-47(44)50-48(49-45)51-40-26-25-37-35-17-6-5-15-33(35)34-16-7-8-18-36(34)42(37)43(40)39-24-23-29-12-3-4-14-32(29)46(39)51/h1-27H. The van der Waals surface area contributed by atoms with Crippen LogP contribution < -0.4 is 0 Å². The van der Waals surface area contributed by atoms with Crippen LogP contribution in [0, 0.1) is 0 Å². The van der Waals surface area contributed by atoms with E-state index in [1.54, 1.807) is 11.3 Å². The average molecular weight is 678 g/mol. The molecule has 9 aromatic carbocycles. The van der Waals surface area contributed by atoms with Gasteiger partial charge in [0.15, 0.2) is 0 Å². The van der Waals surface area contributed by atoms with Gasteiger partial charge in [-0.05, 0) is 61.3 Å². The highest BCUT2D eigenvalue weighted by Gasteiger charge is 2.23. The number of rotatable bonds is 2. The van der Waals surface area contributed by atoms with Crippen LogP contribution in [0.25, 0.3) is 113 Å². The zero-order chi connectivity index (χ0) is 33.9. The van der Waals surface area contributed by atoms with Gasteiger partial charge in [0.1, 0.15) is 4.83 Å².